The van der Waals surface area contributed by atoms with Crippen LogP contribution in [0.3, 0.4) is 0 Å². The zero-order valence-electron chi connectivity index (χ0n) is 7.71. The normalized spacial score (nSPS) is 13.2. The van der Waals surface area contributed by atoms with Gasteiger partial charge in [0.1, 0.15) is 0 Å². The van der Waals surface area contributed by atoms with Crippen molar-refractivity contribution in [3.8, 4) is 0 Å². The Morgan fingerprint density at radius 3 is 2.67 bits per heavy atom. The standard InChI is InChI=1S/C10H16OS/c1-3-4-9-5-6-10(12-9)7-8(2)11/h5-6,8,11H,3-4,7H2,1-2H3/t8-/m1/s1. The Hall–Kier alpha value is -0.340. The maximum atomic E-state index is 9.15. The molecule has 0 amide bonds. The molecule has 1 rings (SSSR count). The molecule has 1 aromatic heterocycles. The number of aliphatic hydroxyl groups excluding tert-OH is 1. The van der Waals surface area contributed by atoms with Crippen molar-refractivity contribution in [2.45, 2.75) is 39.2 Å². The lowest BCUT2D eigenvalue weighted by Gasteiger charge is -1.99. The molecular weight excluding hydrogens is 168 g/mol. The third-order valence-corrected chi connectivity index (χ3v) is 2.88. The molecule has 0 bridgehead atoms. The van der Waals surface area contributed by atoms with E-state index in [1.807, 2.05) is 18.3 Å². The first-order chi connectivity index (χ1) is 5.72. The number of aryl methyl sites for hydroxylation is 1. The summed E-state index contributed by atoms with van der Waals surface area (Å²) >= 11 is 1.83. The molecule has 0 aliphatic rings. The van der Waals surface area contributed by atoms with Gasteiger partial charge in [-0.15, -0.1) is 11.3 Å². The van der Waals surface area contributed by atoms with Gasteiger partial charge in [0.05, 0.1) is 6.10 Å². The van der Waals surface area contributed by atoms with Crippen molar-refractivity contribution in [1.29, 1.82) is 0 Å². The second kappa shape index (κ2) is 4.63. The highest BCUT2D eigenvalue weighted by atomic mass is 32.1. The Bertz CT molecular complexity index is 227. The molecule has 2 heteroatoms. The van der Waals surface area contributed by atoms with Crippen LogP contribution in [0.4, 0.5) is 0 Å². The highest BCUT2D eigenvalue weighted by Gasteiger charge is 2.02. The molecular formula is C10H16OS. The van der Waals surface area contributed by atoms with Gasteiger partial charge in [-0.25, -0.2) is 0 Å². The van der Waals surface area contributed by atoms with E-state index in [4.69, 9.17) is 5.11 Å². The quantitative estimate of drug-likeness (QED) is 0.762. The van der Waals surface area contributed by atoms with Gasteiger partial charge < -0.3 is 5.11 Å². The maximum Gasteiger partial charge on any atom is 0.0560 e. The van der Waals surface area contributed by atoms with Gasteiger partial charge in [0, 0.05) is 16.2 Å². The monoisotopic (exact) mass is 184 g/mol. The van der Waals surface area contributed by atoms with Gasteiger partial charge >= 0.3 is 0 Å². The summed E-state index contributed by atoms with van der Waals surface area (Å²) in [7, 11) is 0. The summed E-state index contributed by atoms with van der Waals surface area (Å²) in [6.45, 7) is 4.02. The smallest absolute Gasteiger partial charge is 0.0560 e. The largest absolute Gasteiger partial charge is 0.393 e. The number of aliphatic hydroxyl groups is 1. The molecule has 0 fully saturated rings. The number of hydrogen-bond acceptors (Lipinski definition) is 2. The molecule has 0 radical (unpaired) electrons. The topological polar surface area (TPSA) is 20.2 Å². The fourth-order valence-corrected chi connectivity index (χ4v) is 2.44. The fourth-order valence-electron chi connectivity index (χ4n) is 1.20. The first kappa shape index (κ1) is 9.75. The molecule has 1 nitrogen and oxygen atoms in total. The van der Waals surface area contributed by atoms with Crippen LogP contribution in [-0.4, -0.2) is 11.2 Å². The Labute approximate surface area is 78.1 Å². The average molecular weight is 184 g/mol. The van der Waals surface area contributed by atoms with Crippen LogP contribution in [0.25, 0.3) is 0 Å². The average Bonchev–Trinajstić information content (AvgIpc) is 2.36. The molecule has 0 spiro atoms. The van der Waals surface area contributed by atoms with Gasteiger partial charge in [-0.3, -0.25) is 0 Å². The van der Waals surface area contributed by atoms with Gasteiger partial charge in [-0.05, 0) is 25.5 Å². The minimum Gasteiger partial charge on any atom is -0.393 e. The van der Waals surface area contributed by atoms with Crippen molar-refractivity contribution < 1.29 is 5.11 Å². The van der Waals surface area contributed by atoms with Crippen LogP contribution in [0.5, 0.6) is 0 Å². The summed E-state index contributed by atoms with van der Waals surface area (Å²) in [6.07, 6.45) is 2.96. The van der Waals surface area contributed by atoms with E-state index in [2.05, 4.69) is 19.1 Å². The summed E-state index contributed by atoms with van der Waals surface area (Å²) in [5, 5.41) is 9.15. The van der Waals surface area contributed by atoms with Crippen LogP contribution in [-0.2, 0) is 12.8 Å². The zero-order chi connectivity index (χ0) is 8.97. The first-order valence-electron chi connectivity index (χ1n) is 4.48. The van der Waals surface area contributed by atoms with E-state index in [0.717, 1.165) is 6.42 Å². The molecule has 1 N–H and O–H groups in total. The summed E-state index contributed by atoms with van der Waals surface area (Å²) in [6, 6.07) is 4.30. The lowest BCUT2D eigenvalue weighted by atomic mass is 10.2. The molecule has 0 aliphatic heterocycles. The van der Waals surface area contributed by atoms with Gasteiger partial charge in [-0.2, -0.15) is 0 Å². The van der Waals surface area contributed by atoms with Crippen molar-refractivity contribution in [3.05, 3.63) is 21.9 Å². The molecule has 1 atom stereocenters. The minimum atomic E-state index is -0.210. The first-order valence-corrected chi connectivity index (χ1v) is 5.29. The molecule has 0 saturated carbocycles. The minimum absolute atomic E-state index is 0.210. The molecule has 0 unspecified atom stereocenters. The van der Waals surface area contributed by atoms with Crippen LogP contribution < -0.4 is 0 Å². The molecule has 1 heterocycles. The molecule has 0 saturated heterocycles. The van der Waals surface area contributed by atoms with Crippen molar-refractivity contribution in [3.63, 3.8) is 0 Å². The van der Waals surface area contributed by atoms with Crippen molar-refractivity contribution in [2.24, 2.45) is 0 Å². The van der Waals surface area contributed by atoms with Crippen molar-refractivity contribution in [1.82, 2.24) is 0 Å². The summed E-state index contributed by atoms with van der Waals surface area (Å²) in [5.41, 5.74) is 0. The third kappa shape index (κ3) is 2.95. The Morgan fingerprint density at radius 2 is 2.08 bits per heavy atom. The van der Waals surface area contributed by atoms with Crippen LogP contribution in [0, 0.1) is 0 Å². The van der Waals surface area contributed by atoms with Crippen LogP contribution in [0.2, 0.25) is 0 Å². The van der Waals surface area contributed by atoms with Crippen LogP contribution in [0.1, 0.15) is 30.0 Å². The Kier molecular flexibility index (Phi) is 3.76. The van der Waals surface area contributed by atoms with E-state index in [0.29, 0.717) is 0 Å². The maximum absolute atomic E-state index is 9.15. The lowest BCUT2D eigenvalue weighted by Crippen LogP contribution is -2.01. The highest BCUT2D eigenvalue weighted by molar-refractivity contribution is 7.11. The van der Waals surface area contributed by atoms with E-state index >= 15 is 0 Å². The van der Waals surface area contributed by atoms with Crippen molar-refractivity contribution in [2.75, 3.05) is 0 Å². The molecule has 68 valence electrons. The van der Waals surface area contributed by atoms with Crippen LogP contribution in [0.15, 0.2) is 12.1 Å². The molecule has 0 aromatic carbocycles. The molecule has 12 heavy (non-hydrogen) atoms. The van der Waals surface area contributed by atoms with E-state index in [1.165, 1.54) is 22.6 Å². The van der Waals surface area contributed by atoms with Gasteiger partial charge in [0.2, 0.25) is 0 Å². The van der Waals surface area contributed by atoms with E-state index in [9.17, 15) is 0 Å². The Morgan fingerprint density at radius 1 is 1.42 bits per heavy atom. The second-order valence-corrected chi connectivity index (χ2v) is 4.42. The van der Waals surface area contributed by atoms with Gasteiger partial charge in [0.25, 0.3) is 0 Å². The van der Waals surface area contributed by atoms with E-state index in [-0.39, 0.29) is 6.10 Å². The molecule has 1 aromatic rings. The van der Waals surface area contributed by atoms with E-state index in [1.54, 1.807) is 0 Å². The fraction of sp³-hybridized carbons (Fsp3) is 0.600. The lowest BCUT2D eigenvalue weighted by molar-refractivity contribution is 0.196. The SMILES string of the molecule is CCCc1ccc(C[C@@H](C)O)s1. The summed E-state index contributed by atoms with van der Waals surface area (Å²) < 4.78 is 0. The van der Waals surface area contributed by atoms with Gasteiger partial charge in [0.15, 0.2) is 0 Å². The predicted octanol–water partition coefficient (Wildman–Crippen LogP) is 2.62. The second-order valence-electron chi connectivity index (χ2n) is 3.17. The number of rotatable bonds is 4. The summed E-state index contributed by atoms with van der Waals surface area (Å²) in [4.78, 5) is 2.74. The third-order valence-electron chi connectivity index (χ3n) is 1.71. The number of thiophene rings is 1. The Balaban J connectivity index is 2.52. The zero-order valence-corrected chi connectivity index (χ0v) is 8.53. The predicted molar refractivity (Wildman–Crippen MR) is 53.7 cm³/mol. The summed E-state index contributed by atoms with van der Waals surface area (Å²) in [5.74, 6) is 0. The highest BCUT2D eigenvalue weighted by Crippen LogP contribution is 2.19. The molecule has 0 aliphatic carbocycles. The van der Waals surface area contributed by atoms with Crippen molar-refractivity contribution >= 4 is 11.3 Å². The number of hydrogen-bond donors (Lipinski definition) is 1. The van der Waals surface area contributed by atoms with E-state index < -0.39 is 0 Å². The van der Waals surface area contributed by atoms with Gasteiger partial charge in [-0.1, -0.05) is 13.3 Å². The van der Waals surface area contributed by atoms with Crippen LogP contribution >= 0.6 is 11.3 Å².